The van der Waals surface area contributed by atoms with Crippen molar-refractivity contribution in [2.75, 3.05) is 32.8 Å². The number of ether oxygens (including phenoxy) is 1. The van der Waals surface area contributed by atoms with Crippen molar-refractivity contribution >= 4 is 29.9 Å². The molecule has 6 heteroatoms. The fourth-order valence-electron chi connectivity index (χ4n) is 2.69. The van der Waals surface area contributed by atoms with E-state index in [2.05, 4.69) is 46.7 Å². The summed E-state index contributed by atoms with van der Waals surface area (Å²) in [6, 6.07) is 8.70. The van der Waals surface area contributed by atoms with Gasteiger partial charge >= 0.3 is 5.97 Å². The first kappa shape index (κ1) is 19.6. The van der Waals surface area contributed by atoms with Crippen molar-refractivity contribution in [3.63, 3.8) is 0 Å². The Balaban J connectivity index is 1.87. The fourth-order valence-corrected chi connectivity index (χ4v) is 4.53. The minimum atomic E-state index is -0.0474. The maximum absolute atomic E-state index is 11.9. The molecule has 0 spiro atoms. The van der Waals surface area contributed by atoms with E-state index in [4.69, 9.17) is 4.74 Å². The minimum absolute atomic E-state index is 0.0173. The van der Waals surface area contributed by atoms with Crippen LogP contribution >= 0.6 is 23.9 Å². The molecular weight excluding hydrogens is 340 g/mol. The standard InChI is InChI=1S/C18H28N2O2S2/c1-4-19(5-2)23-16-9-11-17(12-10-16)24-20-13-7-8-15(14-20)18(21)22-6-3/h9-12,15H,4-8,13-14H2,1-3H3/t15-/m1/s1. The van der Waals surface area contributed by atoms with E-state index in [0.717, 1.165) is 39.0 Å². The van der Waals surface area contributed by atoms with E-state index in [0.29, 0.717) is 6.61 Å². The lowest BCUT2D eigenvalue weighted by Gasteiger charge is -2.30. The van der Waals surface area contributed by atoms with Crippen LogP contribution in [-0.4, -0.2) is 47.4 Å². The number of piperidine rings is 1. The molecule has 1 aliphatic heterocycles. The van der Waals surface area contributed by atoms with Gasteiger partial charge in [-0.1, -0.05) is 13.8 Å². The normalized spacial score (nSPS) is 18.8. The zero-order valence-electron chi connectivity index (χ0n) is 14.9. The lowest BCUT2D eigenvalue weighted by atomic mass is 10.0. The summed E-state index contributed by atoms with van der Waals surface area (Å²) < 4.78 is 9.79. The molecule has 2 rings (SSSR count). The molecule has 1 aliphatic rings. The van der Waals surface area contributed by atoms with E-state index in [1.54, 1.807) is 23.9 Å². The molecule has 1 fully saturated rings. The molecule has 1 aromatic rings. The van der Waals surface area contributed by atoms with Gasteiger partial charge in [0.15, 0.2) is 0 Å². The van der Waals surface area contributed by atoms with Gasteiger partial charge in [0.05, 0.1) is 12.5 Å². The predicted octanol–water partition coefficient (Wildman–Crippen LogP) is 4.32. The van der Waals surface area contributed by atoms with Crippen LogP contribution in [0.25, 0.3) is 0 Å². The molecule has 0 aromatic heterocycles. The summed E-state index contributed by atoms with van der Waals surface area (Å²) in [5, 5.41) is 0. The topological polar surface area (TPSA) is 32.8 Å². The van der Waals surface area contributed by atoms with E-state index in [1.165, 1.54) is 9.79 Å². The minimum Gasteiger partial charge on any atom is -0.466 e. The summed E-state index contributed by atoms with van der Waals surface area (Å²) in [6.45, 7) is 10.6. The molecule has 0 radical (unpaired) electrons. The van der Waals surface area contributed by atoms with Gasteiger partial charge in [0.25, 0.3) is 0 Å². The number of esters is 1. The third-order valence-corrected chi connectivity index (χ3v) is 6.33. The van der Waals surface area contributed by atoms with Crippen LogP contribution < -0.4 is 0 Å². The van der Waals surface area contributed by atoms with E-state index in [-0.39, 0.29) is 11.9 Å². The molecule has 0 bridgehead atoms. The van der Waals surface area contributed by atoms with E-state index in [1.807, 2.05) is 6.92 Å². The monoisotopic (exact) mass is 368 g/mol. The Morgan fingerprint density at radius 2 is 1.88 bits per heavy atom. The highest BCUT2D eigenvalue weighted by molar-refractivity contribution is 7.97. The summed E-state index contributed by atoms with van der Waals surface area (Å²) in [5.41, 5.74) is 0. The summed E-state index contributed by atoms with van der Waals surface area (Å²) in [4.78, 5) is 14.4. The third kappa shape index (κ3) is 5.99. The molecule has 0 amide bonds. The number of carbonyl (C=O) groups is 1. The van der Waals surface area contributed by atoms with E-state index in [9.17, 15) is 4.79 Å². The Morgan fingerprint density at radius 1 is 1.21 bits per heavy atom. The van der Waals surface area contributed by atoms with Crippen molar-refractivity contribution in [1.29, 1.82) is 0 Å². The van der Waals surface area contributed by atoms with Gasteiger partial charge in [-0.2, -0.15) is 0 Å². The van der Waals surface area contributed by atoms with Gasteiger partial charge in [-0.15, -0.1) is 0 Å². The van der Waals surface area contributed by atoms with Gasteiger partial charge in [0.1, 0.15) is 0 Å². The summed E-state index contributed by atoms with van der Waals surface area (Å²) in [6.07, 6.45) is 1.99. The SMILES string of the molecule is CCOC(=O)[C@@H]1CCCN(Sc2ccc(SN(CC)CC)cc2)C1. The van der Waals surface area contributed by atoms with Crippen LogP contribution in [0, 0.1) is 5.92 Å². The molecule has 0 unspecified atom stereocenters. The van der Waals surface area contributed by atoms with Gasteiger partial charge in [0, 0.05) is 36.0 Å². The number of hydrogen-bond donors (Lipinski definition) is 0. The largest absolute Gasteiger partial charge is 0.466 e. The van der Waals surface area contributed by atoms with Crippen molar-refractivity contribution < 1.29 is 9.53 Å². The highest BCUT2D eigenvalue weighted by Gasteiger charge is 2.27. The molecule has 4 nitrogen and oxygen atoms in total. The number of rotatable bonds is 8. The summed E-state index contributed by atoms with van der Waals surface area (Å²) >= 11 is 3.55. The smallest absolute Gasteiger partial charge is 0.310 e. The molecule has 1 heterocycles. The Labute approximate surface area is 154 Å². The molecule has 0 N–H and O–H groups in total. The van der Waals surface area contributed by atoms with Crippen LogP contribution in [-0.2, 0) is 9.53 Å². The number of carbonyl (C=O) groups excluding carboxylic acids is 1. The fraction of sp³-hybridized carbons (Fsp3) is 0.611. The van der Waals surface area contributed by atoms with Crippen molar-refractivity contribution in [3.05, 3.63) is 24.3 Å². The van der Waals surface area contributed by atoms with Crippen LogP contribution in [0.4, 0.5) is 0 Å². The van der Waals surface area contributed by atoms with E-state index < -0.39 is 0 Å². The second-order valence-corrected chi connectivity index (χ2v) is 8.09. The molecule has 134 valence electrons. The highest BCUT2D eigenvalue weighted by Crippen LogP contribution is 2.31. The Bertz CT molecular complexity index is 506. The summed E-state index contributed by atoms with van der Waals surface area (Å²) in [5.74, 6) is -0.0301. The van der Waals surface area contributed by atoms with Crippen LogP contribution in [0.3, 0.4) is 0 Å². The Hall–Kier alpha value is -0.690. The van der Waals surface area contributed by atoms with Gasteiger partial charge in [-0.3, -0.25) is 4.79 Å². The number of hydrogen-bond acceptors (Lipinski definition) is 6. The van der Waals surface area contributed by atoms with Crippen LogP contribution in [0.5, 0.6) is 0 Å². The molecule has 1 atom stereocenters. The summed E-state index contributed by atoms with van der Waals surface area (Å²) in [7, 11) is 0. The van der Waals surface area contributed by atoms with E-state index >= 15 is 0 Å². The van der Waals surface area contributed by atoms with Crippen LogP contribution in [0.15, 0.2) is 34.1 Å². The van der Waals surface area contributed by atoms with Gasteiger partial charge in [-0.25, -0.2) is 8.61 Å². The first-order valence-electron chi connectivity index (χ1n) is 8.78. The van der Waals surface area contributed by atoms with Crippen molar-refractivity contribution in [2.24, 2.45) is 5.92 Å². The molecular formula is C18H28N2O2S2. The zero-order valence-corrected chi connectivity index (χ0v) is 16.5. The lowest BCUT2D eigenvalue weighted by molar-refractivity contribution is -0.149. The van der Waals surface area contributed by atoms with Gasteiger partial charge in [-0.05, 0) is 67.9 Å². The van der Waals surface area contributed by atoms with Gasteiger partial charge in [0.2, 0.25) is 0 Å². The quantitative estimate of drug-likeness (QED) is 0.502. The van der Waals surface area contributed by atoms with Crippen molar-refractivity contribution in [2.45, 2.75) is 43.4 Å². The lowest BCUT2D eigenvalue weighted by Crippen LogP contribution is -2.35. The first-order valence-corrected chi connectivity index (χ1v) is 10.3. The molecule has 0 saturated carbocycles. The first-order chi connectivity index (χ1) is 11.7. The number of benzene rings is 1. The zero-order chi connectivity index (χ0) is 17.4. The highest BCUT2D eigenvalue weighted by atomic mass is 32.2. The third-order valence-electron chi connectivity index (χ3n) is 4.00. The van der Waals surface area contributed by atoms with Crippen molar-refractivity contribution in [1.82, 2.24) is 8.61 Å². The average Bonchev–Trinajstić information content (AvgIpc) is 2.61. The van der Waals surface area contributed by atoms with Gasteiger partial charge < -0.3 is 4.74 Å². The second-order valence-electron chi connectivity index (χ2n) is 5.75. The number of nitrogens with zero attached hydrogens (tertiary/aromatic N) is 2. The predicted molar refractivity (Wildman–Crippen MR) is 102 cm³/mol. The molecule has 24 heavy (non-hydrogen) atoms. The average molecular weight is 369 g/mol. The molecule has 1 aromatic carbocycles. The maximum atomic E-state index is 11.9. The second kappa shape index (κ2) is 10.3. The van der Waals surface area contributed by atoms with Crippen LogP contribution in [0.2, 0.25) is 0 Å². The molecule has 0 aliphatic carbocycles. The van der Waals surface area contributed by atoms with Crippen molar-refractivity contribution in [3.8, 4) is 0 Å². The maximum Gasteiger partial charge on any atom is 0.310 e. The Morgan fingerprint density at radius 3 is 2.50 bits per heavy atom. The van der Waals surface area contributed by atoms with Crippen LogP contribution in [0.1, 0.15) is 33.6 Å². The Kier molecular flexibility index (Phi) is 8.45. The molecule has 1 saturated heterocycles.